The van der Waals surface area contributed by atoms with Crippen molar-refractivity contribution in [2.24, 2.45) is 0 Å². The zero-order valence-corrected chi connectivity index (χ0v) is 68.8. The Hall–Kier alpha value is -16.3. The van der Waals surface area contributed by atoms with Gasteiger partial charge in [-0.2, -0.15) is 0 Å². The molecule has 0 atom stereocenters. The molecule has 6 heteroatoms. The summed E-state index contributed by atoms with van der Waals surface area (Å²) < 4.78 is 18.7. The minimum Gasteiger partial charge on any atom is -0.455 e. The van der Waals surface area contributed by atoms with Crippen molar-refractivity contribution in [3.05, 3.63) is 460 Å². The largest absolute Gasteiger partial charge is 0.455 e. The van der Waals surface area contributed by atoms with E-state index >= 15 is 0 Å². The normalized spacial score (nSPS) is 12.3. The van der Waals surface area contributed by atoms with E-state index in [9.17, 15) is 0 Å². The number of hydrogen-bond donors (Lipinski definition) is 0. The molecule has 588 valence electrons. The molecule has 0 saturated carbocycles. The van der Waals surface area contributed by atoms with Crippen LogP contribution in [0.3, 0.4) is 0 Å². The number of furan rings is 2. The first-order valence-electron chi connectivity index (χ1n) is 43.0. The lowest BCUT2D eigenvalue weighted by atomic mass is 9.82. The summed E-state index contributed by atoms with van der Waals surface area (Å²) in [6.07, 6.45) is 0. The average molecular weight is 1600 g/mol. The van der Waals surface area contributed by atoms with E-state index in [4.69, 9.17) is 8.83 Å². The van der Waals surface area contributed by atoms with Gasteiger partial charge in [-0.3, -0.25) is 0 Å². The third-order valence-electron chi connectivity index (χ3n) is 25.9. The molecule has 1 aliphatic rings. The fourth-order valence-electron chi connectivity index (χ4n) is 19.9. The second-order valence-corrected chi connectivity index (χ2v) is 33.4. The van der Waals surface area contributed by atoms with Crippen molar-refractivity contribution in [3.8, 4) is 78.1 Å². The van der Waals surface area contributed by atoms with Crippen molar-refractivity contribution in [1.29, 1.82) is 0 Å². The number of anilines is 6. The van der Waals surface area contributed by atoms with E-state index in [1.807, 2.05) is 0 Å². The molecule has 0 radical (unpaired) electrons. The molecule has 0 bridgehead atoms. The zero-order chi connectivity index (χ0) is 82.8. The number of fused-ring (bicyclic) bond motifs is 19. The Labute approximate surface area is 723 Å². The highest BCUT2D eigenvalue weighted by molar-refractivity contribution is 6.29. The molecule has 4 heterocycles. The van der Waals surface area contributed by atoms with E-state index in [1.54, 1.807) is 0 Å². The van der Waals surface area contributed by atoms with Crippen LogP contribution in [0, 0.1) is 0 Å². The number of rotatable bonds is 13. The first-order chi connectivity index (χ1) is 61.7. The van der Waals surface area contributed by atoms with Crippen LogP contribution >= 0.6 is 0 Å². The number of para-hydroxylation sites is 4. The fourth-order valence-corrected chi connectivity index (χ4v) is 19.9. The van der Waals surface area contributed by atoms with Crippen molar-refractivity contribution in [3.63, 3.8) is 0 Å². The second-order valence-electron chi connectivity index (χ2n) is 33.4. The first kappa shape index (κ1) is 72.7. The van der Waals surface area contributed by atoms with Gasteiger partial charge in [-0.25, -0.2) is 0 Å². The summed E-state index contributed by atoms with van der Waals surface area (Å²) in [5, 5.41) is 14.1. The Bertz CT molecular complexity index is 8240. The van der Waals surface area contributed by atoms with Gasteiger partial charge in [-0.15, -0.1) is 0 Å². The highest BCUT2D eigenvalue weighted by atomic mass is 16.3. The van der Waals surface area contributed by atoms with Gasteiger partial charge in [0.1, 0.15) is 22.3 Å². The maximum Gasteiger partial charge on any atom is 0.145 e. The first-order valence-corrected chi connectivity index (χ1v) is 43.0. The van der Waals surface area contributed by atoms with E-state index in [2.05, 4.69) is 482 Å². The quantitative estimate of drug-likeness (QED) is 0.115. The Balaban J connectivity index is 0.000000140. The highest BCUT2D eigenvalue weighted by Gasteiger charge is 2.36. The molecular formula is C119H80N4O2. The summed E-state index contributed by atoms with van der Waals surface area (Å²) in [5.41, 5.74) is 33.7. The molecule has 4 aromatic heterocycles. The molecule has 0 unspecified atom stereocenters. The lowest BCUT2D eigenvalue weighted by Crippen LogP contribution is -2.16. The van der Waals surface area contributed by atoms with Crippen LogP contribution in [0.1, 0.15) is 25.0 Å². The van der Waals surface area contributed by atoms with Crippen LogP contribution in [0.5, 0.6) is 0 Å². The number of benzene rings is 20. The van der Waals surface area contributed by atoms with Crippen LogP contribution in [0.15, 0.2) is 458 Å². The molecule has 20 aromatic carbocycles. The average Bonchev–Trinajstić information content (AvgIpc) is 1.55. The van der Waals surface area contributed by atoms with Gasteiger partial charge in [0.2, 0.25) is 0 Å². The lowest BCUT2D eigenvalue weighted by molar-refractivity contribution is 0.660. The van der Waals surface area contributed by atoms with Crippen LogP contribution in [0.2, 0.25) is 0 Å². The van der Waals surface area contributed by atoms with Gasteiger partial charge < -0.3 is 27.8 Å². The molecule has 0 saturated heterocycles. The summed E-state index contributed by atoms with van der Waals surface area (Å²) in [6.45, 7) is 4.70. The van der Waals surface area contributed by atoms with E-state index in [0.29, 0.717) is 0 Å². The Morgan fingerprint density at radius 3 is 0.960 bits per heavy atom. The minimum absolute atomic E-state index is 0.122. The van der Waals surface area contributed by atoms with Crippen molar-refractivity contribution in [1.82, 2.24) is 9.13 Å². The van der Waals surface area contributed by atoms with Gasteiger partial charge in [-0.05, 0) is 222 Å². The Kier molecular flexibility index (Phi) is 17.2. The van der Waals surface area contributed by atoms with Crippen LogP contribution in [-0.2, 0) is 5.41 Å². The van der Waals surface area contributed by atoms with E-state index in [-0.39, 0.29) is 5.41 Å². The van der Waals surface area contributed by atoms with Gasteiger partial charge >= 0.3 is 0 Å². The Morgan fingerprint density at radius 2 is 0.536 bits per heavy atom. The molecule has 0 amide bonds. The molecule has 24 aromatic rings. The summed E-state index contributed by atoms with van der Waals surface area (Å²) in [5.74, 6) is 0. The summed E-state index contributed by atoms with van der Waals surface area (Å²) in [6, 6.07) is 162. The maximum absolute atomic E-state index is 6.93. The topological polar surface area (TPSA) is 42.6 Å². The van der Waals surface area contributed by atoms with Crippen molar-refractivity contribution >= 4 is 143 Å². The third kappa shape index (κ3) is 12.2. The van der Waals surface area contributed by atoms with Crippen LogP contribution in [-0.4, -0.2) is 9.13 Å². The smallest absolute Gasteiger partial charge is 0.145 e. The van der Waals surface area contributed by atoms with Crippen LogP contribution in [0.25, 0.3) is 187 Å². The Morgan fingerprint density at radius 1 is 0.216 bits per heavy atom. The monoisotopic (exact) mass is 1600 g/mol. The molecular weight excluding hydrogens is 1520 g/mol. The predicted octanol–water partition coefficient (Wildman–Crippen LogP) is 33.3. The van der Waals surface area contributed by atoms with Gasteiger partial charge in [0.15, 0.2) is 0 Å². The minimum atomic E-state index is -0.122. The summed E-state index contributed by atoms with van der Waals surface area (Å²) >= 11 is 0. The van der Waals surface area contributed by atoms with E-state index in [0.717, 1.165) is 123 Å². The van der Waals surface area contributed by atoms with Crippen molar-refractivity contribution < 1.29 is 8.83 Å². The molecule has 1 aliphatic carbocycles. The molecule has 25 rings (SSSR count). The molecule has 125 heavy (non-hydrogen) atoms. The summed E-state index contributed by atoms with van der Waals surface area (Å²) in [7, 11) is 0. The van der Waals surface area contributed by atoms with E-state index in [1.165, 1.54) is 110 Å². The fraction of sp³-hybridized carbons (Fsp3) is 0.0252. The van der Waals surface area contributed by atoms with Gasteiger partial charge in [-0.1, -0.05) is 329 Å². The molecule has 0 aliphatic heterocycles. The van der Waals surface area contributed by atoms with Gasteiger partial charge in [0.25, 0.3) is 0 Å². The summed E-state index contributed by atoms with van der Waals surface area (Å²) in [4.78, 5) is 4.74. The molecule has 6 nitrogen and oxygen atoms in total. The second kappa shape index (κ2) is 29.6. The standard InChI is InChI=1S/C61H42N2O.C58H38N2O/c1-61(2)54-21-11-8-18-48(54)49-35-34-47(37-55(49)61)62(44-29-24-41(25-30-44)39-14-4-3-5-15-39)45-31-27-42(28-32-45)52-38-53-50-19-9-12-22-56(50)63(46-33-26-40-16-6-7-17-43(40)36-46)59(53)58-51-20-10-13-23-57(51)64-60(52)58;1-3-13-39(14-4-1)42-23-30-46(31-24-42)59(47-32-25-43(26-33-47)40-15-5-2-6-16-40)48-34-28-44(29-35-48)52-38-53-50-19-9-11-21-54(50)60(49-36-27-41-17-7-8-18-45(41)37-49)57(53)56-51-20-10-12-22-55(51)61-58(52)56/h3-38H,1-2H3;1-38H. The maximum atomic E-state index is 6.93. The van der Waals surface area contributed by atoms with Crippen LogP contribution < -0.4 is 9.80 Å². The van der Waals surface area contributed by atoms with Gasteiger partial charge in [0.05, 0.1) is 32.8 Å². The van der Waals surface area contributed by atoms with Crippen LogP contribution in [0.4, 0.5) is 34.1 Å². The third-order valence-corrected chi connectivity index (χ3v) is 25.9. The zero-order valence-electron chi connectivity index (χ0n) is 68.8. The SMILES string of the molecule is CC1(C)c2ccccc2-c2ccc(N(c3ccc(-c4ccccc4)cc3)c3ccc(-c4cc5c6ccccc6n(-c6ccc7ccccc7c6)c5c5c4oc4ccccc45)cc3)cc21.c1ccc(-c2ccc(N(c3ccc(-c4ccccc4)cc3)c3ccc(-c4cc5c6ccccc6n(-c6ccc7ccccc7c6)c5c5c4oc4ccccc45)cc3)cc2)cc1. The number of hydrogen-bond acceptors (Lipinski definition) is 4. The number of nitrogens with zero attached hydrogens (tertiary/aromatic N) is 4. The lowest BCUT2D eigenvalue weighted by Gasteiger charge is -2.28. The van der Waals surface area contributed by atoms with Crippen molar-refractivity contribution in [2.75, 3.05) is 9.80 Å². The highest BCUT2D eigenvalue weighted by Crippen LogP contribution is 2.53. The van der Waals surface area contributed by atoms with Crippen molar-refractivity contribution in [2.45, 2.75) is 19.3 Å². The predicted molar refractivity (Wildman–Crippen MR) is 525 cm³/mol. The molecule has 0 spiro atoms. The molecule has 0 N–H and O–H groups in total. The van der Waals surface area contributed by atoms with Gasteiger partial charge in [0, 0.05) is 94.4 Å². The molecule has 0 fully saturated rings. The number of aromatic nitrogens is 2. The van der Waals surface area contributed by atoms with E-state index < -0.39 is 0 Å².